The summed E-state index contributed by atoms with van der Waals surface area (Å²) in [5.74, 6) is 1.60. The number of carbonyl (C=O) groups is 1. The van der Waals surface area contributed by atoms with Crippen LogP contribution in [0.4, 0.5) is 4.79 Å². The summed E-state index contributed by atoms with van der Waals surface area (Å²) in [7, 11) is 0. The van der Waals surface area contributed by atoms with Crippen molar-refractivity contribution in [1.82, 2.24) is 25.2 Å². The number of aromatic nitrogens is 3. The zero-order chi connectivity index (χ0) is 25.3. The maximum absolute atomic E-state index is 12.9. The molecule has 1 aromatic carbocycles. The van der Waals surface area contributed by atoms with Crippen LogP contribution in [0.25, 0.3) is 22.7 Å². The molecule has 2 saturated heterocycles. The van der Waals surface area contributed by atoms with Gasteiger partial charge in [-0.05, 0) is 59.9 Å². The Hall–Kier alpha value is -3.20. The number of benzene rings is 1. The molecule has 2 fully saturated rings. The summed E-state index contributed by atoms with van der Waals surface area (Å²) in [6.45, 7) is 9.81. The largest absolute Gasteiger partial charge is 0.444 e. The van der Waals surface area contributed by atoms with Crippen LogP contribution in [0.3, 0.4) is 0 Å². The van der Waals surface area contributed by atoms with Crippen LogP contribution in [0.15, 0.2) is 39.3 Å². The molecule has 3 aromatic rings. The van der Waals surface area contributed by atoms with Gasteiger partial charge >= 0.3 is 6.09 Å². The number of rotatable bonds is 5. The Kier molecular flexibility index (Phi) is 6.83. The van der Waals surface area contributed by atoms with E-state index in [0.29, 0.717) is 29.8 Å². The van der Waals surface area contributed by atoms with Gasteiger partial charge in [0.15, 0.2) is 0 Å². The van der Waals surface area contributed by atoms with Gasteiger partial charge in [-0.3, -0.25) is 4.90 Å². The van der Waals surface area contributed by atoms with Crippen LogP contribution in [0.2, 0.25) is 0 Å². The number of aryl methyl sites for hydroxylation is 1. The van der Waals surface area contributed by atoms with Crippen LogP contribution in [-0.2, 0) is 11.3 Å². The van der Waals surface area contributed by atoms with E-state index < -0.39 is 5.60 Å². The fraction of sp³-hybridized carbons (Fsp3) is 0.556. The molecule has 2 aliphatic heterocycles. The van der Waals surface area contributed by atoms with Gasteiger partial charge in [0, 0.05) is 18.2 Å². The van der Waals surface area contributed by atoms with Gasteiger partial charge in [-0.25, -0.2) is 4.79 Å². The Morgan fingerprint density at radius 1 is 1.06 bits per heavy atom. The molecule has 5 rings (SSSR count). The molecule has 0 saturated carbocycles. The minimum Gasteiger partial charge on any atom is -0.444 e. The molecule has 9 heteroatoms. The van der Waals surface area contributed by atoms with E-state index in [1.807, 2.05) is 62.9 Å². The van der Waals surface area contributed by atoms with Gasteiger partial charge in [-0.15, -0.1) is 10.2 Å². The van der Waals surface area contributed by atoms with Gasteiger partial charge in [-0.2, -0.15) is 0 Å². The van der Waals surface area contributed by atoms with Crippen molar-refractivity contribution in [1.29, 1.82) is 0 Å². The number of carbonyl (C=O) groups excluding carboxylic acids is 1. The van der Waals surface area contributed by atoms with Crippen molar-refractivity contribution in [2.45, 2.75) is 84.0 Å². The SMILES string of the molecule is Cc1onc(-c2ccccc2)c1-c1nnc(CN2CCCC[C@@H]2[C@H]2CCCN2C(=O)OC(C)(C)C)o1. The summed E-state index contributed by atoms with van der Waals surface area (Å²) in [6.07, 6.45) is 5.05. The molecule has 192 valence electrons. The summed E-state index contributed by atoms with van der Waals surface area (Å²) in [5.41, 5.74) is 1.85. The Morgan fingerprint density at radius 2 is 1.83 bits per heavy atom. The van der Waals surface area contributed by atoms with Crippen LogP contribution in [0.1, 0.15) is 64.5 Å². The Morgan fingerprint density at radius 3 is 2.61 bits per heavy atom. The summed E-state index contributed by atoms with van der Waals surface area (Å²) in [6, 6.07) is 10.2. The van der Waals surface area contributed by atoms with Crippen LogP contribution >= 0.6 is 0 Å². The first-order chi connectivity index (χ1) is 17.3. The molecule has 36 heavy (non-hydrogen) atoms. The van der Waals surface area contributed by atoms with Crippen LogP contribution < -0.4 is 0 Å². The second-order valence-corrected chi connectivity index (χ2v) is 10.7. The molecule has 0 N–H and O–H groups in total. The molecular formula is C27H35N5O4. The van der Waals surface area contributed by atoms with Crippen LogP contribution in [0, 0.1) is 6.92 Å². The third kappa shape index (κ3) is 5.16. The van der Waals surface area contributed by atoms with E-state index in [1.54, 1.807) is 0 Å². The summed E-state index contributed by atoms with van der Waals surface area (Å²) < 4.78 is 17.3. The number of ether oxygens (including phenoxy) is 1. The predicted molar refractivity (Wildman–Crippen MR) is 134 cm³/mol. The lowest BCUT2D eigenvalue weighted by Crippen LogP contribution is -2.53. The predicted octanol–water partition coefficient (Wildman–Crippen LogP) is 5.45. The second-order valence-electron chi connectivity index (χ2n) is 10.7. The molecule has 0 unspecified atom stereocenters. The summed E-state index contributed by atoms with van der Waals surface area (Å²) in [4.78, 5) is 17.3. The maximum atomic E-state index is 12.9. The topological polar surface area (TPSA) is 97.7 Å². The lowest BCUT2D eigenvalue weighted by atomic mass is 9.94. The number of hydrogen-bond donors (Lipinski definition) is 0. The molecule has 2 aliphatic rings. The van der Waals surface area contributed by atoms with E-state index in [0.717, 1.165) is 56.3 Å². The van der Waals surface area contributed by atoms with Gasteiger partial charge in [-0.1, -0.05) is 41.9 Å². The summed E-state index contributed by atoms with van der Waals surface area (Å²) in [5, 5.41) is 13.0. The zero-order valence-electron chi connectivity index (χ0n) is 21.6. The lowest BCUT2D eigenvalue weighted by molar-refractivity contribution is 0.00540. The van der Waals surface area contributed by atoms with Gasteiger partial charge in [0.05, 0.1) is 12.6 Å². The third-order valence-corrected chi connectivity index (χ3v) is 6.96. The highest BCUT2D eigenvalue weighted by Crippen LogP contribution is 2.35. The maximum Gasteiger partial charge on any atom is 0.410 e. The van der Waals surface area contributed by atoms with E-state index in [-0.39, 0.29) is 18.2 Å². The van der Waals surface area contributed by atoms with E-state index >= 15 is 0 Å². The van der Waals surface area contributed by atoms with E-state index in [1.165, 1.54) is 0 Å². The molecule has 1 amide bonds. The van der Waals surface area contributed by atoms with E-state index in [4.69, 9.17) is 13.7 Å². The van der Waals surface area contributed by atoms with Crippen molar-refractivity contribution in [3.63, 3.8) is 0 Å². The van der Waals surface area contributed by atoms with Crippen molar-refractivity contribution in [2.24, 2.45) is 0 Å². The average Bonchev–Trinajstić information content (AvgIpc) is 3.59. The molecule has 0 bridgehead atoms. The molecule has 2 aromatic heterocycles. The van der Waals surface area contributed by atoms with Crippen molar-refractivity contribution in [3.8, 4) is 22.7 Å². The van der Waals surface area contributed by atoms with Crippen molar-refractivity contribution in [2.75, 3.05) is 13.1 Å². The number of hydrogen-bond acceptors (Lipinski definition) is 8. The number of likely N-dealkylation sites (tertiary alicyclic amines) is 2. The molecule has 0 aliphatic carbocycles. The molecule has 2 atom stereocenters. The van der Waals surface area contributed by atoms with Gasteiger partial charge in [0.2, 0.25) is 5.89 Å². The lowest BCUT2D eigenvalue weighted by Gasteiger charge is -2.41. The minimum atomic E-state index is -0.505. The number of nitrogens with zero attached hydrogens (tertiary/aromatic N) is 5. The monoisotopic (exact) mass is 493 g/mol. The Balaban J connectivity index is 1.34. The minimum absolute atomic E-state index is 0.132. The highest BCUT2D eigenvalue weighted by Gasteiger charge is 2.40. The van der Waals surface area contributed by atoms with Gasteiger partial charge < -0.3 is 18.6 Å². The molecular weight excluding hydrogens is 458 g/mol. The number of piperidine rings is 1. The van der Waals surface area contributed by atoms with Crippen molar-refractivity contribution >= 4 is 6.09 Å². The molecule has 0 radical (unpaired) electrons. The molecule has 9 nitrogen and oxygen atoms in total. The highest BCUT2D eigenvalue weighted by molar-refractivity contribution is 5.77. The second kappa shape index (κ2) is 10.0. The quantitative estimate of drug-likeness (QED) is 0.462. The molecule has 4 heterocycles. The first kappa shape index (κ1) is 24.5. The van der Waals surface area contributed by atoms with Gasteiger partial charge in [0.25, 0.3) is 5.89 Å². The fourth-order valence-corrected chi connectivity index (χ4v) is 5.40. The normalized spacial score (nSPS) is 21.2. The van der Waals surface area contributed by atoms with Crippen LogP contribution in [0.5, 0.6) is 0 Å². The molecule has 0 spiro atoms. The van der Waals surface area contributed by atoms with Crippen molar-refractivity contribution < 1.29 is 18.5 Å². The first-order valence-corrected chi connectivity index (χ1v) is 12.9. The van der Waals surface area contributed by atoms with Crippen molar-refractivity contribution in [3.05, 3.63) is 42.0 Å². The highest BCUT2D eigenvalue weighted by atomic mass is 16.6. The first-order valence-electron chi connectivity index (χ1n) is 12.9. The standard InChI is InChI=1S/C27H35N5O4/c1-18-23(24(30-36-18)19-11-6-5-7-12-19)25-29-28-22(34-25)17-31-15-9-8-13-20(31)21-14-10-16-32(21)26(33)35-27(2,3)4/h5-7,11-12,20-21H,8-10,13-17H2,1-4H3/t20-,21-/m1/s1. The average molecular weight is 494 g/mol. The van der Waals surface area contributed by atoms with E-state index in [9.17, 15) is 4.79 Å². The fourth-order valence-electron chi connectivity index (χ4n) is 5.40. The smallest absolute Gasteiger partial charge is 0.410 e. The zero-order valence-corrected chi connectivity index (χ0v) is 21.6. The van der Waals surface area contributed by atoms with Gasteiger partial charge in [0.1, 0.15) is 22.6 Å². The number of amides is 1. The van der Waals surface area contributed by atoms with E-state index in [2.05, 4.69) is 20.3 Å². The van der Waals surface area contributed by atoms with Crippen LogP contribution in [-0.4, -0.2) is 62.0 Å². The third-order valence-electron chi connectivity index (χ3n) is 6.96. The summed E-state index contributed by atoms with van der Waals surface area (Å²) >= 11 is 0. The Labute approximate surface area is 211 Å². The Bertz CT molecular complexity index is 1180.